The van der Waals surface area contributed by atoms with Crippen LogP contribution in [0.4, 0.5) is 5.69 Å². The maximum absolute atomic E-state index is 12.9. The topological polar surface area (TPSA) is 32.8 Å². The van der Waals surface area contributed by atoms with E-state index >= 15 is 0 Å². The van der Waals surface area contributed by atoms with Crippen LogP contribution in [0, 0.1) is 11.8 Å². The van der Waals surface area contributed by atoms with Crippen molar-refractivity contribution in [2.24, 2.45) is 11.8 Å². The summed E-state index contributed by atoms with van der Waals surface area (Å²) in [6.45, 7) is 12.0. The zero-order chi connectivity index (χ0) is 18.4. The number of carbonyl (C=O) groups is 1. The molecular formula is C21H34N2O2. The highest BCUT2D eigenvalue weighted by Gasteiger charge is 2.29. The normalized spacial score (nSPS) is 16.4. The number of hydrogen-bond donors (Lipinski definition) is 0. The minimum Gasteiger partial charge on any atom is -0.497 e. The van der Waals surface area contributed by atoms with E-state index in [2.05, 4.69) is 32.6 Å². The average Bonchev–Trinajstić information content (AvgIpc) is 2.56. The molecule has 1 saturated heterocycles. The van der Waals surface area contributed by atoms with Crippen molar-refractivity contribution in [2.75, 3.05) is 31.6 Å². The number of nitrogens with zero attached hydrogens (tertiary/aromatic N) is 2. The maximum Gasteiger partial charge on any atom is 0.227 e. The van der Waals surface area contributed by atoms with Crippen molar-refractivity contribution in [3.05, 3.63) is 24.3 Å². The Kier molecular flexibility index (Phi) is 7.30. The van der Waals surface area contributed by atoms with Gasteiger partial charge in [-0.15, -0.1) is 0 Å². The van der Waals surface area contributed by atoms with Crippen LogP contribution in [0.15, 0.2) is 24.3 Å². The van der Waals surface area contributed by atoms with E-state index in [1.165, 1.54) is 0 Å². The first-order chi connectivity index (χ1) is 11.9. The van der Waals surface area contributed by atoms with Crippen LogP contribution in [-0.2, 0) is 4.79 Å². The Morgan fingerprint density at radius 1 is 1.12 bits per heavy atom. The van der Waals surface area contributed by atoms with E-state index in [9.17, 15) is 4.79 Å². The van der Waals surface area contributed by atoms with E-state index in [-0.39, 0.29) is 5.91 Å². The van der Waals surface area contributed by atoms with Gasteiger partial charge in [-0.05, 0) is 48.9 Å². The molecule has 0 radical (unpaired) electrons. The highest BCUT2D eigenvalue weighted by molar-refractivity contribution is 5.94. The molecule has 140 valence electrons. The number of methoxy groups -OCH3 is 1. The van der Waals surface area contributed by atoms with Gasteiger partial charge in [0.2, 0.25) is 5.91 Å². The summed E-state index contributed by atoms with van der Waals surface area (Å²) in [5.74, 6) is 2.13. The van der Waals surface area contributed by atoms with Crippen LogP contribution in [-0.4, -0.2) is 43.6 Å². The summed E-state index contributed by atoms with van der Waals surface area (Å²) in [7, 11) is 1.67. The number of rotatable bonds is 7. The highest BCUT2D eigenvalue weighted by Crippen LogP contribution is 2.27. The third kappa shape index (κ3) is 5.74. The van der Waals surface area contributed by atoms with E-state index in [1.54, 1.807) is 7.11 Å². The van der Waals surface area contributed by atoms with Gasteiger partial charge in [0.15, 0.2) is 0 Å². The summed E-state index contributed by atoms with van der Waals surface area (Å²) in [5, 5.41) is 0. The van der Waals surface area contributed by atoms with Crippen molar-refractivity contribution in [1.29, 1.82) is 0 Å². The molecule has 0 saturated carbocycles. The van der Waals surface area contributed by atoms with Crippen LogP contribution in [0.3, 0.4) is 0 Å². The molecule has 1 heterocycles. The van der Waals surface area contributed by atoms with Crippen LogP contribution >= 0.6 is 0 Å². The molecule has 1 fully saturated rings. The van der Waals surface area contributed by atoms with Crippen molar-refractivity contribution in [3.63, 3.8) is 0 Å². The largest absolute Gasteiger partial charge is 0.497 e. The SMILES string of the molecule is COc1ccc(N(C(=O)CC(C)C)C2CCN(CC(C)C)CC2)cc1. The van der Waals surface area contributed by atoms with Crippen LogP contribution in [0.25, 0.3) is 0 Å². The fraction of sp³-hybridized carbons (Fsp3) is 0.667. The Morgan fingerprint density at radius 2 is 1.72 bits per heavy atom. The molecule has 1 aromatic rings. The molecule has 1 aliphatic rings. The van der Waals surface area contributed by atoms with Gasteiger partial charge in [-0.1, -0.05) is 27.7 Å². The summed E-state index contributed by atoms with van der Waals surface area (Å²) in [6.07, 6.45) is 2.68. The summed E-state index contributed by atoms with van der Waals surface area (Å²) in [6, 6.07) is 8.20. The predicted molar refractivity (Wildman–Crippen MR) is 104 cm³/mol. The van der Waals surface area contributed by atoms with Crippen molar-refractivity contribution >= 4 is 11.6 Å². The Labute approximate surface area is 153 Å². The van der Waals surface area contributed by atoms with Crippen LogP contribution in [0.2, 0.25) is 0 Å². The third-order valence-corrected chi connectivity index (χ3v) is 4.75. The van der Waals surface area contributed by atoms with Crippen LogP contribution < -0.4 is 9.64 Å². The number of ether oxygens (including phenoxy) is 1. The Bertz CT molecular complexity index is 531. The van der Waals surface area contributed by atoms with Gasteiger partial charge in [0, 0.05) is 37.8 Å². The van der Waals surface area contributed by atoms with Crippen molar-refractivity contribution in [1.82, 2.24) is 4.90 Å². The second kappa shape index (κ2) is 9.23. The average molecular weight is 347 g/mol. The van der Waals surface area contributed by atoms with Crippen molar-refractivity contribution in [3.8, 4) is 5.75 Å². The number of piperidine rings is 1. The molecule has 4 heteroatoms. The molecule has 1 aromatic carbocycles. The van der Waals surface area contributed by atoms with Gasteiger partial charge in [-0.25, -0.2) is 0 Å². The van der Waals surface area contributed by atoms with E-state index in [0.717, 1.165) is 43.9 Å². The lowest BCUT2D eigenvalue weighted by Gasteiger charge is -2.39. The molecule has 1 aliphatic heterocycles. The van der Waals surface area contributed by atoms with Crippen LogP contribution in [0.5, 0.6) is 5.75 Å². The zero-order valence-electron chi connectivity index (χ0n) is 16.5. The molecule has 2 rings (SSSR count). The van der Waals surface area contributed by atoms with Gasteiger partial charge < -0.3 is 14.5 Å². The molecule has 0 aliphatic carbocycles. The van der Waals surface area contributed by atoms with Gasteiger partial charge in [-0.3, -0.25) is 4.79 Å². The molecule has 0 atom stereocenters. The molecule has 1 amide bonds. The van der Waals surface area contributed by atoms with E-state index in [0.29, 0.717) is 24.3 Å². The first-order valence-electron chi connectivity index (χ1n) is 9.59. The zero-order valence-corrected chi connectivity index (χ0v) is 16.5. The number of hydrogen-bond acceptors (Lipinski definition) is 3. The Morgan fingerprint density at radius 3 is 2.20 bits per heavy atom. The summed E-state index contributed by atoms with van der Waals surface area (Å²) >= 11 is 0. The second-order valence-electron chi connectivity index (χ2n) is 7.99. The fourth-order valence-corrected chi connectivity index (χ4v) is 3.63. The summed E-state index contributed by atoms with van der Waals surface area (Å²) in [5.41, 5.74) is 0.994. The number of benzene rings is 1. The van der Waals surface area contributed by atoms with Gasteiger partial charge in [0.25, 0.3) is 0 Å². The smallest absolute Gasteiger partial charge is 0.227 e. The highest BCUT2D eigenvalue weighted by atomic mass is 16.5. The number of amides is 1. The standard InChI is InChI=1S/C21H34N2O2/c1-16(2)14-21(24)23(18-6-8-20(25-5)9-7-18)19-10-12-22(13-11-19)15-17(3)4/h6-9,16-17,19H,10-15H2,1-5H3. The third-order valence-electron chi connectivity index (χ3n) is 4.75. The molecule has 0 bridgehead atoms. The second-order valence-corrected chi connectivity index (χ2v) is 7.99. The minimum absolute atomic E-state index is 0.238. The molecule has 4 nitrogen and oxygen atoms in total. The fourth-order valence-electron chi connectivity index (χ4n) is 3.63. The monoisotopic (exact) mass is 346 g/mol. The summed E-state index contributed by atoms with van der Waals surface area (Å²) < 4.78 is 5.26. The van der Waals surface area contributed by atoms with Gasteiger partial charge in [0.05, 0.1) is 7.11 Å². The number of anilines is 1. The quantitative estimate of drug-likeness (QED) is 0.742. The van der Waals surface area contributed by atoms with Crippen molar-refractivity contribution < 1.29 is 9.53 Å². The maximum atomic E-state index is 12.9. The van der Waals surface area contributed by atoms with Gasteiger partial charge >= 0.3 is 0 Å². The summed E-state index contributed by atoms with van der Waals surface area (Å²) in [4.78, 5) is 17.5. The number of likely N-dealkylation sites (tertiary alicyclic amines) is 1. The lowest BCUT2D eigenvalue weighted by molar-refractivity contribution is -0.120. The molecular weight excluding hydrogens is 312 g/mol. The van der Waals surface area contributed by atoms with E-state index in [4.69, 9.17) is 4.74 Å². The van der Waals surface area contributed by atoms with E-state index in [1.807, 2.05) is 29.2 Å². The van der Waals surface area contributed by atoms with Crippen LogP contribution in [0.1, 0.15) is 47.0 Å². The van der Waals surface area contributed by atoms with Gasteiger partial charge in [0.1, 0.15) is 5.75 Å². The molecule has 25 heavy (non-hydrogen) atoms. The molecule has 0 unspecified atom stereocenters. The van der Waals surface area contributed by atoms with E-state index < -0.39 is 0 Å². The lowest BCUT2D eigenvalue weighted by Crippen LogP contribution is -2.48. The molecule has 0 aromatic heterocycles. The van der Waals surface area contributed by atoms with Gasteiger partial charge in [-0.2, -0.15) is 0 Å². The first kappa shape index (κ1) is 19.8. The molecule has 0 spiro atoms. The Hall–Kier alpha value is -1.55. The number of carbonyl (C=O) groups excluding carboxylic acids is 1. The molecule has 0 N–H and O–H groups in total. The Balaban J connectivity index is 2.13. The lowest BCUT2D eigenvalue weighted by atomic mass is 9.99. The minimum atomic E-state index is 0.238. The van der Waals surface area contributed by atoms with Crippen molar-refractivity contribution in [2.45, 2.75) is 53.0 Å². The first-order valence-corrected chi connectivity index (χ1v) is 9.59. The predicted octanol–water partition coefficient (Wildman–Crippen LogP) is 4.19.